The molecule has 1 fully saturated rings. The molecule has 0 aromatic heterocycles. The summed E-state index contributed by atoms with van der Waals surface area (Å²) in [5.74, 6) is -0.0280. The maximum absolute atomic E-state index is 12.6. The van der Waals surface area contributed by atoms with E-state index in [1.54, 1.807) is 0 Å². The molecule has 0 saturated carbocycles. The van der Waals surface area contributed by atoms with Gasteiger partial charge < -0.3 is 4.74 Å². The molecule has 1 aromatic rings. The summed E-state index contributed by atoms with van der Waals surface area (Å²) in [7, 11) is 0. The third-order valence-electron chi connectivity index (χ3n) is 2.78. The number of hydrogen-bond donors (Lipinski definition) is 0. The van der Waals surface area contributed by atoms with Gasteiger partial charge in [0.15, 0.2) is 0 Å². The van der Waals surface area contributed by atoms with E-state index in [4.69, 9.17) is 16.3 Å². The Morgan fingerprint density at radius 2 is 2.06 bits per heavy atom. The molecular formula is C12H10ClF3O2. The number of alkyl halides is 3. The largest absolute Gasteiger partial charge is 0.416 e. The Kier molecular flexibility index (Phi) is 3.64. The summed E-state index contributed by atoms with van der Waals surface area (Å²) in [6.07, 6.45) is -4.74. The van der Waals surface area contributed by atoms with Gasteiger partial charge in [-0.15, -0.1) is 0 Å². The first-order valence-electron chi connectivity index (χ1n) is 5.38. The van der Waals surface area contributed by atoms with E-state index in [1.165, 1.54) is 6.07 Å². The topological polar surface area (TPSA) is 26.3 Å². The highest BCUT2D eigenvalue weighted by Gasteiger charge is 2.32. The van der Waals surface area contributed by atoms with E-state index in [0.717, 1.165) is 12.1 Å². The Hall–Kier alpha value is -1.07. The number of halogens is 4. The van der Waals surface area contributed by atoms with Gasteiger partial charge >= 0.3 is 6.18 Å². The van der Waals surface area contributed by atoms with Gasteiger partial charge in [-0.05, 0) is 18.2 Å². The van der Waals surface area contributed by atoms with Crippen LogP contribution >= 0.6 is 11.6 Å². The summed E-state index contributed by atoms with van der Waals surface area (Å²) in [6, 6.07) is 3.05. The molecule has 0 amide bonds. The van der Waals surface area contributed by atoms with Gasteiger partial charge in [0.1, 0.15) is 5.78 Å². The number of rotatable bonds is 1. The summed E-state index contributed by atoms with van der Waals surface area (Å²) < 4.78 is 43.1. The summed E-state index contributed by atoms with van der Waals surface area (Å²) in [4.78, 5) is 11.3. The van der Waals surface area contributed by atoms with E-state index < -0.39 is 17.8 Å². The second-order valence-electron chi connectivity index (χ2n) is 4.09. The number of carbonyl (C=O) groups is 1. The predicted octanol–water partition coefficient (Wildman–Crippen LogP) is 3.78. The van der Waals surface area contributed by atoms with Crippen LogP contribution in [0.4, 0.5) is 13.2 Å². The summed E-state index contributed by atoms with van der Waals surface area (Å²) >= 11 is 5.87. The molecule has 1 unspecified atom stereocenters. The first kappa shape index (κ1) is 13.4. The average molecular weight is 279 g/mol. The van der Waals surface area contributed by atoms with Crippen molar-refractivity contribution in [2.45, 2.75) is 25.1 Å². The lowest BCUT2D eigenvalue weighted by Crippen LogP contribution is -2.20. The first-order valence-corrected chi connectivity index (χ1v) is 5.75. The first-order chi connectivity index (χ1) is 8.38. The second-order valence-corrected chi connectivity index (χ2v) is 4.49. The zero-order chi connectivity index (χ0) is 13.3. The minimum absolute atomic E-state index is 0.0280. The van der Waals surface area contributed by atoms with E-state index in [9.17, 15) is 18.0 Å². The van der Waals surface area contributed by atoms with Gasteiger partial charge in [-0.3, -0.25) is 4.79 Å². The van der Waals surface area contributed by atoms with Gasteiger partial charge in [0.05, 0.1) is 18.3 Å². The Morgan fingerprint density at radius 3 is 2.67 bits per heavy atom. The van der Waals surface area contributed by atoms with Crippen molar-refractivity contribution in [1.29, 1.82) is 0 Å². The van der Waals surface area contributed by atoms with Crippen LogP contribution in [0.15, 0.2) is 18.2 Å². The van der Waals surface area contributed by atoms with Crippen LogP contribution in [-0.2, 0) is 15.7 Å². The van der Waals surface area contributed by atoms with Crippen LogP contribution in [0.2, 0.25) is 5.02 Å². The molecule has 18 heavy (non-hydrogen) atoms. The molecule has 6 heteroatoms. The lowest BCUT2D eigenvalue weighted by Gasteiger charge is -2.23. The van der Waals surface area contributed by atoms with Crippen LogP contribution in [-0.4, -0.2) is 12.4 Å². The SMILES string of the molecule is O=C1CCOC(c2cc(C(F)(F)F)ccc2Cl)C1. The zero-order valence-electron chi connectivity index (χ0n) is 9.26. The summed E-state index contributed by atoms with van der Waals surface area (Å²) in [5.41, 5.74) is -0.567. The molecule has 0 N–H and O–H groups in total. The molecule has 0 radical (unpaired) electrons. The van der Waals surface area contributed by atoms with Gasteiger partial charge in [-0.25, -0.2) is 0 Å². The number of benzene rings is 1. The molecule has 0 bridgehead atoms. The van der Waals surface area contributed by atoms with Crippen LogP contribution in [0.5, 0.6) is 0 Å². The standard InChI is InChI=1S/C12H10ClF3O2/c13-10-2-1-7(12(14,15)16)5-9(10)11-6-8(17)3-4-18-11/h1-2,5,11H,3-4,6H2. The third kappa shape index (κ3) is 2.84. The fraction of sp³-hybridized carbons (Fsp3) is 0.417. The summed E-state index contributed by atoms with van der Waals surface area (Å²) in [6.45, 7) is 0.218. The van der Waals surface area contributed by atoms with Gasteiger partial charge in [0.2, 0.25) is 0 Å². The molecule has 1 saturated heterocycles. The molecule has 1 atom stereocenters. The molecule has 1 aromatic carbocycles. The smallest absolute Gasteiger partial charge is 0.373 e. The third-order valence-corrected chi connectivity index (χ3v) is 3.13. The zero-order valence-corrected chi connectivity index (χ0v) is 10.0. The van der Waals surface area contributed by atoms with Crippen LogP contribution in [0.1, 0.15) is 30.1 Å². The fourth-order valence-corrected chi connectivity index (χ4v) is 2.09. The molecule has 1 heterocycles. The van der Waals surface area contributed by atoms with E-state index in [1.807, 2.05) is 0 Å². The van der Waals surface area contributed by atoms with Gasteiger partial charge in [0, 0.05) is 23.4 Å². The van der Waals surface area contributed by atoms with Gasteiger partial charge in [-0.1, -0.05) is 11.6 Å². The highest BCUT2D eigenvalue weighted by atomic mass is 35.5. The van der Waals surface area contributed by atoms with Crippen LogP contribution in [0.3, 0.4) is 0 Å². The minimum atomic E-state index is -4.43. The number of ether oxygens (including phenoxy) is 1. The monoisotopic (exact) mass is 278 g/mol. The van der Waals surface area contributed by atoms with Crippen LogP contribution in [0, 0.1) is 0 Å². The Balaban J connectivity index is 2.34. The van der Waals surface area contributed by atoms with E-state index in [-0.39, 0.29) is 29.4 Å². The molecule has 2 rings (SSSR count). The Bertz CT molecular complexity index is 471. The number of carbonyl (C=O) groups excluding carboxylic acids is 1. The van der Waals surface area contributed by atoms with Crippen molar-refractivity contribution < 1.29 is 22.7 Å². The maximum Gasteiger partial charge on any atom is 0.416 e. The van der Waals surface area contributed by atoms with Crippen molar-refractivity contribution in [2.24, 2.45) is 0 Å². The van der Waals surface area contributed by atoms with Crippen LogP contribution < -0.4 is 0 Å². The molecule has 0 spiro atoms. The fourth-order valence-electron chi connectivity index (χ4n) is 1.85. The van der Waals surface area contributed by atoms with E-state index >= 15 is 0 Å². The molecular weight excluding hydrogens is 269 g/mol. The van der Waals surface area contributed by atoms with Crippen molar-refractivity contribution in [3.05, 3.63) is 34.3 Å². The number of ketones is 1. The maximum atomic E-state index is 12.6. The minimum Gasteiger partial charge on any atom is -0.373 e. The summed E-state index contributed by atoms with van der Waals surface area (Å²) in [5, 5.41) is 0.183. The Labute approximate surface area is 107 Å². The highest BCUT2D eigenvalue weighted by Crippen LogP contribution is 2.36. The lowest BCUT2D eigenvalue weighted by molar-refractivity contribution is -0.137. The van der Waals surface area contributed by atoms with Crippen molar-refractivity contribution in [1.82, 2.24) is 0 Å². The molecule has 2 nitrogen and oxygen atoms in total. The predicted molar refractivity (Wildman–Crippen MR) is 59.4 cm³/mol. The van der Waals surface area contributed by atoms with E-state index in [0.29, 0.717) is 6.42 Å². The molecule has 1 aliphatic rings. The quantitative estimate of drug-likeness (QED) is 0.781. The van der Waals surface area contributed by atoms with Gasteiger partial charge in [0.25, 0.3) is 0 Å². The molecule has 1 aliphatic heterocycles. The lowest BCUT2D eigenvalue weighted by atomic mass is 9.98. The molecule has 0 aliphatic carbocycles. The van der Waals surface area contributed by atoms with Crippen molar-refractivity contribution >= 4 is 17.4 Å². The average Bonchev–Trinajstić information content (AvgIpc) is 2.28. The van der Waals surface area contributed by atoms with Crippen molar-refractivity contribution in [3.63, 3.8) is 0 Å². The number of Topliss-reactive ketones (excluding diaryl/α,β-unsaturated/α-hetero) is 1. The number of hydrogen-bond acceptors (Lipinski definition) is 2. The second kappa shape index (κ2) is 4.90. The normalized spacial score (nSPS) is 21.1. The van der Waals surface area contributed by atoms with Gasteiger partial charge in [-0.2, -0.15) is 13.2 Å². The van der Waals surface area contributed by atoms with E-state index in [2.05, 4.69) is 0 Å². The Morgan fingerprint density at radius 1 is 1.33 bits per heavy atom. The molecule has 98 valence electrons. The van der Waals surface area contributed by atoms with Crippen molar-refractivity contribution in [2.75, 3.05) is 6.61 Å². The highest BCUT2D eigenvalue weighted by molar-refractivity contribution is 6.31. The van der Waals surface area contributed by atoms with Crippen molar-refractivity contribution in [3.8, 4) is 0 Å². The van der Waals surface area contributed by atoms with Crippen LogP contribution in [0.25, 0.3) is 0 Å².